The third-order valence-electron chi connectivity index (χ3n) is 6.63. The smallest absolute Gasteiger partial charge is 0.341 e. The lowest BCUT2D eigenvalue weighted by molar-refractivity contribution is 0.0188. The van der Waals surface area contributed by atoms with Crippen molar-refractivity contribution in [3.63, 3.8) is 0 Å². The maximum atomic E-state index is 15.0. The summed E-state index contributed by atoms with van der Waals surface area (Å²) >= 11 is 0. The third-order valence-corrected chi connectivity index (χ3v) is 6.63. The fraction of sp³-hybridized carbons (Fsp3) is 0.321. The Morgan fingerprint density at radius 3 is 2.03 bits per heavy atom. The molecule has 9 heteroatoms. The first-order valence-electron chi connectivity index (χ1n) is 11.9. The van der Waals surface area contributed by atoms with Crippen LogP contribution in [0.5, 0.6) is 5.75 Å². The van der Waals surface area contributed by atoms with Gasteiger partial charge in [-0.1, -0.05) is 18.2 Å². The van der Waals surface area contributed by atoms with Gasteiger partial charge >= 0.3 is 5.97 Å². The number of carbonyl (C=O) groups is 1. The van der Waals surface area contributed by atoms with Gasteiger partial charge in [0.2, 0.25) is 5.82 Å². The zero-order chi connectivity index (χ0) is 26.9. The van der Waals surface area contributed by atoms with E-state index in [4.69, 9.17) is 9.47 Å². The molecule has 1 fully saturated rings. The Morgan fingerprint density at radius 1 is 0.757 bits per heavy atom. The molecule has 0 bridgehead atoms. The molecule has 0 aromatic heterocycles. The highest BCUT2D eigenvalue weighted by atomic mass is 19.2. The Balaban J connectivity index is 1.46. The topological polar surface area (TPSA) is 35.5 Å². The van der Waals surface area contributed by atoms with Crippen molar-refractivity contribution in [1.29, 1.82) is 0 Å². The average molecular weight is 522 g/mol. The minimum absolute atomic E-state index is 0.0604. The number of carbonyl (C=O) groups excluding carboxylic acids is 1. The summed E-state index contributed by atoms with van der Waals surface area (Å²) in [5.41, 5.74) is -1.23. The molecule has 196 valence electrons. The van der Waals surface area contributed by atoms with Crippen LogP contribution in [0.2, 0.25) is 0 Å². The summed E-state index contributed by atoms with van der Waals surface area (Å²) in [4.78, 5) is 12.3. The molecule has 0 N–H and O–H groups in total. The van der Waals surface area contributed by atoms with Crippen LogP contribution in [-0.4, -0.2) is 18.7 Å². The number of halogens is 6. The number of aryl methyl sites for hydroxylation is 1. The molecule has 0 saturated heterocycles. The van der Waals surface area contributed by atoms with E-state index >= 15 is 4.39 Å². The molecule has 0 aliphatic heterocycles. The highest BCUT2D eigenvalue weighted by Crippen LogP contribution is 2.39. The van der Waals surface area contributed by atoms with Gasteiger partial charge < -0.3 is 9.47 Å². The predicted molar refractivity (Wildman–Crippen MR) is 124 cm³/mol. The Hall–Kier alpha value is -3.49. The first kappa shape index (κ1) is 26.6. The van der Waals surface area contributed by atoms with Crippen molar-refractivity contribution >= 4 is 5.97 Å². The van der Waals surface area contributed by atoms with Crippen LogP contribution in [0.4, 0.5) is 26.3 Å². The van der Waals surface area contributed by atoms with Crippen LogP contribution in [0.3, 0.4) is 0 Å². The zero-order valence-electron chi connectivity index (χ0n) is 20.1. The van der Waals surface area contributed by atoms with Crippen LogP contribution < -0.4 is 4.74 Å². The fourth-order valence-electron chi connectivity index (χ4n) is 4.60. The Bertz CT molecular complexity index is 1330. The zero-order valence-corrected chi connectivity index (χ0v) is 20.1. The van der Waals surface area contributed by atoms with Gasteiger partial charge in [-0.25, -0.2) is 26.7 Å². The second-order valence-electron chi connectivity index (χ2n) is 8.94. The lowest BCUT2D eigenvalue weighted by Gasteiger charge is -2.29. The van der Waals surface area contributed by atoms with Crippen molar-refractivity contribution in [3.05, 3.63) is 88.0 Å². The van der Waals surface area contributed by atoms with Crippen LogP contribution >= 0.6 is 0 Å². The highest BCUT2D eigenvalue weighted by Gasteiger charge is 2.30. The standard InChI is InChI=1S/C28H24F6O3/c1-3-36-21-13-12-19(25(32)27(21)34)18-11-10-17(23(30)24(18)31)15-5-7-16(8-6-15)37-28(35)20-9-4-14(2)22(29)26(20)33/h4,9-13,15-16H,3,5-8H2,1-2H3. The Labute approximate surface area is 210 Å². The van der Waals surface area contributed by atoms with Gasteiger partial charge in [-0.2, -0.15) is 4.39 Å². The summed E-state index contributed by atoms with van der Waals surface area (Å²) in [5.74, 6) is -9.22. The molecular weight excluding hydrogens is 498 g/mol. The van der Waals surface area contributed by atoms with Crippen LogP contribution in [0.25, 0.3) is 11.1 Å². The van der Waals surface area contributed by atoms with E-state index in [9.17, 15) is 26.7 Å². The molecule has 0 heterocycles. The first-order valence-corrected chi connectivity index (χ1v) is 11.9. The second-order valence-corrected chi connectivity index (χ2v) is 8.94. The van der Waals surface area contributed by atoms with Crippen LogP contribution in [0, 0.1) is 41.8 Å². The fourth-order valence-corrected chi connectivity index (χ4v) is 4.60. The minimum atomic E-state index is -1.34. The predicted octanol–water partition coefficient (Wildman–Crippen LogP) is 7.78. The number of ether oxygens (including phenoxy) is 2. The van der Waals surface area contributed by atoms with Gasteiger partial charge in [0, 0.05) is 11.1 Å². The largest absolute Gasteiger partial charge is 0.491 e. The summed E-state index contributed by atoms with van der Waals surface area (Å²) in [7, 11) is 0. The number of hydrogen-bond acceptors (Lipinski definition) is 3. The molecule has 37 heavy (non-hydrogen) atoms. The van der Waals surface area contributed by atoms with E-state index in [-0.39, 0.29) is 23.5 Å². The van der Waals surface area contributed by atoms with Gasteiger partial charge in [0.15, 0.2) is 34.8 Å². The highest BCUT2D eigenvalue weighted by molar-refractivity contribution is 5.90. The van der Waals surface area contributed by atoms with Crippen molar-refractivity contribution in [3.8, 4) is 16.9 Å². The lowest BCUT2D eigenvalue weighted by Crippen LogP contribution is -2.25. The molecule has 3 aromatic carbocycles. The average Bonchev–Trinajstić information content (AvgIpc) is 2.88. The molecule has 3 nitrogen and oxygen atoms in total. The van der Waals surface area contributed by atoms with Gasteiger partial charge in [-0.3, -0.25) is 0 Å². The minimum Gasteiger partial charge on any atom is -0.491 e. The molecule has 3 aromatic rings. The maximum Gasteiger partial charge on any atom is 0.341 e. The van der Waals surface area contributed by atoms with Crippen LogP contribution in [0.15, 0.2) is 36.4 Å². The third kappa shape index (κ3) is 5.17. The number of hydrogen-bond donors (Lipinski definition) is 0. The van der Waals surface area contributed by atoms with E-state index in [1.54, 1.807) is 6.92 Å². The summed E-state index contributed by atoms with van der Waals surface area (Å²) in [6.45, 7) is 3.08. The van der Waals surface area contributed by atoms with Crippen LogP contribution in [-0.2, 0) is 4.74 Å². The molecule has 1 saturated carbocycles. The molecule has 0 radical (unpaired) electrons. The van der Waals surface area contributed by atoms with Crippen molar-refractivity contribution in [1.82, 2.24) is 0 Å². The molecular formula is C28H24F6O3. The quantitative estimate of drug-likeness (QED) is 0.245. The van der Waals surface area contributed by atoms with Gasteiger partial charge in [-0.05, 0) is 74.8 Å². The molecule has 0 amide bonds. The van der Waals surface area contributed by atoms with Crippen LogP contribution in [0.1, 0.15) is 60.0 Å². The summed E-state index contributed by atoms with van der Waals surface area (Å²) in [6, 6.07) is 7.25. The van der Waals surface area contributed by atoms with E-state index in [1.165, 1.54) is 25.1 Å². The van der Waals surface area contributed by atoms with Crippen molar-refractivity contribution in [2.75, 3.05) is 6.61 Å². The van der Waals surface area contributed by atoms with Gasteiger partial charge in [0.05, 0.1) is 12.2 Å². The van der Waals surface area contributed by atoms with Crippen molar-refractivity contribution in [2.24, 2.45) is 0 Å². The van der Waals surface area contributed by atoms with E-state index in [2.05, 4.69) is 0 Å². The number of esters is 1. The van der Waals surface area contributed by atoms with Crippen molar-refractivity contribution in [2.45, 2.75) is 51.6 Å². The molecule has 1 aliphatic rings. The van der Waals surface area contributed by atoms with Gasteiger partial charge in [-0.15, -0.1) is 0 Å². The Morgan fingerprint density at radius 2 is 1.38 bits per heavy atom. The van der Waals surface area contributed by atoms with E-state index in [0.29, 0.717) is 25.7 Å². The lowest BCUT2D eigenvalue weighted by atomic mass is 9.82. The SMILES string of the molecule is CCOc1ccc(-c2ccc(C3CCC(OC(=O)c4ccc(C)c(F)c4F)CC3)c(F)c2F)c(F)c1F. The van der Waals surface area contributed by atoms with Crippen molar-refractivity contribution < 1.29 is 40.6 Å². The normalized spacial score (nSPS) is 17.5. The molecule has 0 spiro atoms. The second kappa shape index (κ2) is 10.9. The Kier molecular flexibility index (Phi) is 7.80. The summed E-state index contributed by atoms with van der Waals surface area (Å²) < 4.78 is 96.9. The monoisotopic (exact) mass is 522 g/mol. The molecule has 0 atom stereocenters. The summed E-state index contributed by atoms with van der Waals surface area (Å²) in [6.07, 6.45) is 0.678. The van der Waals surface area contributed by atoms with E-state index < -0.39 is 69.6 Å². The molecule has 0 unspecified atom stereocenters. The maximum absolute atomic E-state index is 15.0. The number of benzene rings is 3. The van der Waals surface area contributed by atoms with E-state index in [1.807, 2.05) is 0 Å². The summed E-state index contributed by atoms with van der Waals surface area (Å²) in [5, 5.41) is 0. The van der Waals surface area contributed by atoms with E-state index in [0.717, 1.165) is 18.2 Å². The van der Waals surface area contributed by atoms with Gasteiger partial charge in [0.25, 0.3) is 0 Å². The molecule has 4 rings (SSSR count). The number of rotatable bonds is 6. The molecule has 1 aliphatic carbocycles. The first-order chi connectivity index (χ1) is 17.6. The van der Waals surface area contributed by atoms with Gasteiger partial charge in [0.1, 0.15) is 6.10 Å².